The Labute approximate surface area is 162 Å². The average Bonchev–Trinajstić information content (AvgIpc) is 3.21. The standard InChI is InChI=1S/C20H22N2O4S/c23-19(13-16-2-1-11-27-16)22-7-5-14(6-8-22)20(24)21-15-3-4-17-18(12-15)26-10-9-25-17/h1-4,11-12,14H,5-10,13H2,(H,21,24). The molecule has 2 aliphatic rings. The van der Waals surface area contributed by atoms with Gasteiger partial charge in [-0.2, -0.15) is 0 Å². The van der Waals surface area contributed by atoms with Crippen molar-refractivity contribution >= 4 is 28.8 Å². The Morgan fingerprint density at radius 3 is 2.63 bits per heavy atom. The Hall–Kier alpha value is -2.54. The summed E-state index contributed by atoms with van der Waals surface area (Å²) in [4.78, 5) is 27.9. The first-order valence-corrected chi connectivity index (χ1v) is 10.1. The summed E-state index contributed by atoms with van der Waals surface area (Å²) < 4.78 is 11.1. The van der Waals surface area contributed by atoms with Crippen LogP contribution in [0.5, 0.6) is 11.5 Å². The van der Waals surface area contributed by atoms with Crippen LogP contribution in [0.3, 0.4) is 0 Å². The first-order valence-electron chi connectivity index (χ1n) is 9.20. The SMILES string of the molecule is O=C(Nc1ccc2c(c1)OCCO2)C1CCN(C(=O)Cc2cccs2)CC1. The molecule has 2 aromatic rings. The highest BCUT2D eigenvalue weighted by Gasteiger charge is 2.27. The van der Waals surface area contributed by atoms with Crippen molar-refractivity contribution < 1.29 is 19.1 Å². The molecule has 1 saturated heterocycles. The van der Waals surface area contributed by atoms with Gasteiger partial charge < -0.3 is 19.7 Å². The van der Waals surface area contributed by atoms with Crippen LogP contribution in [0, 0.1) is 5.92 Å². The van der Waals surface area contributed by atoms with Gasteiger partial charge in [0.1, 0.15) is 13.2 Å². The highest BCUT2D eigenvalue weighted by molar-refractivity contribution is 7.10. The van der Waals surface area contributed by atoms with E-state index in [1.54, 1.807) is 17.4 Å². The zero-order chi connectivity index (χ0) is 18.6. The van der Waals surface area contributed by atoms with Gasteiger partial charge in [0.15, 0.2) is 11.5 Å². The van der Waals surface area contributed by atoms with Gasteiger partial charge in [0, 0.05) is 35.6 Å². The molecule has 0 aliphatic carbocycles. The summed E-state index contributed by atoms with van der Waals surface area (Å²) in [5.74, 6) is 1.43. The Balaban J connectivity index is 1.29. The van der Waals surface area contributed by atoms with Crippen LogP contribution in [-0.4, -0.2) is 43.0 Å². The minimum absolute atomic E-state index is 0.00275. The second-order valence-corrected chi connectivity index (χ2v) is 7.79. The largest absolute Gasteiger partial charge is 0.486 e. The lowest BCUT2D eigenvalue weighted by Crippen LogP contribution is -2.42. The molecule has 3 heterocycles. The predicted molar refractivity (Wildman–Crippen MR) is 103 cm³/mol. The number of piperidine rings is 1. The molecular formula is C20H22N2O4S. The molecule has 27 heavy (non-hydrogen) atoms. The number of amides is 2. The van der Waals surface area contributed by atoms with E-state index in [0.717, 1.165) is 4.88 Å². The third-order valence-electron chi connectivity index (χ3n) is 4.93. The molecule has 0 spiro atoms. The van der Waals surface area contributed by atoms with Crippen molar-refractivity contribution in [1.29, 1.82) is 0 Å². The van der Waals surface area contributed by atoms with Crippen LogP contribution in [0.2, 0.25) is 0 Å². The highest BCUT2D eigenvalue weighted by Crippen LogP contribution is 2.33. The van der Waals surface area contributed by atoms with Gasteiger partial charge in [-0.3, -0.25) is 9.59 Å². The molecule has 7 heteroatoms. The molecule has 2 aliphatic heterocycles. The number of likely N-dealkylation sites (tertiary alicyclic amines) is 1. The molecule has 1 aromatic carbocycles. The smallest absolute Gasteiger partial charge is 0.227 e. The lowest BCUT2D eigenvalue weighted by atomic mass is 9.95. The number of rotatable bonds is 4. The van der Waals surface area contributed by atoms with Crippen LogP contribution in [0.15, 0.2) is 35.7 Å². The van der Waals surface area contributed by atoms with E-state index in [1.165, 1.54) is 0 Å². The number of nitrogens with zero attached hydrogens (tertiary/aromatic N) is 1. The van der Waals surface area contributed by atoms with Crippen LogP contribution in [-0.2, 0) is 16.0 Å². The van der Waals surface area contributed by atoms with Gasteiger partial charge in [-0.05, 0) is 36.4 Å². The zero-order valence-corrected chi connectivity index (χ0v) is 15.8. The molecule has 1 fully saturated rings. The third kappa shape index (κ3) is 4.24. The lowest BCUT2D eigenvalue weighted by molar-refractivity contribution is -0.133. The van der Waals surface area contributed by atoms with Gasteiger partial charge in [-0.15, -0.1) is 11.3 Å². The molecule has 0 radical (unpaired) electrons. The second-order valence-electron chi connectivity index (χ2n) is 6.76. The molecule has 1 aromatic heterocycles. The van der Waals surface area contributed by atoms with Crippen LogP contribution >= 0.6 is 11.3 Å². The molecule has 2 amide bonds. The lowest BCUT2D eigenvalue weighted by Gasteiger charge is -2.31. The normalized spacial score (nSPS) is 16.8. The van der Waals surface area contributed by atoms with Gasteiger partial charge in [-0.1, -0.05) is 6.07 Å². The number of anilines is 1. The van der Waals surface area contributed by atoms with Gasteiger partial charge >= 0.3 is 0 Å². The molecule has 0 unspecified atom stereocenters. The van der Waals surface area contributed by atoms with Crippen LogP contribution in [0.25, 0.3) is 0 Å². The van der Waals surface area contributed by atoms with Crippen molar-refractivity contribution in [2.45, 2.75) is 19.3 Å². The van der Waals surface area contributed by atoms with Gasteiger partial charge in [0.25, 0.3) is 0 Å². The molecule has 0 bridgehead atoms. The Morgan fingerprint density at radius 1 is 1.11 bits per heavy atom. The quantitative estimate of drug-likeness (QED) is 0.877. The van der Waals surface area contributed by atoms with E-state index in [1.807, 2.05) is 34.5 Å². The van der Waals surface area contributed by atoms with Crippen molar-refractivity contribution in [2.24, 2.45) is 5.92 Å². The van der Waals surface area contributed by atoms with E-state index in [-0.39, 0.29) is 17.7 Å². The number of fused-ring (bicyclic) bond motifs is 1. The topological polar surface area (TPSA) is 67.9 Å². The first kappa shape index (κ1) is 17.9. The fourth-order valence-corrected chi connectivity index (χ4v) is 4.13. The first-order chi connectivity index (χ1) is 13.2. The Morgan fingerprint density at radius 2 is 1.89 bits per heavy atom. The second kappa shape index (κ2) is 8.00. The maximum Gasteiger partial charge on any atom is 0.227 e. The number of benzene rings is 1. The van der Waals surface area contributed by atoms with Gasteiger partial charge in [-0.25, -0.2) is 0 Å². The summed E-state index contributed by atoms with van der Waals surface area (Å²) >= 11 is 1.60. The number of carbonyl (C=O) groups is 2. The molecule has 0 saturated carbocycles. The van der Waals surface area contributed by atoms with Crippen LogP contribution < -0.4 is 14.8 Å². The monoisotopic (exact) mass is 386 g/mol. The number of ether oxygens (including phenoxy) is 2. The third-order valence-corrected chi connectivity index (χ3v) is 5.81. The molecular weight excluding hydrogens is 364 g/mol. The summed E-state index contributed by atoms with van der Waals surface area (Å²) in [6, 6.07) is 9.38. The van der Waals surface area contributed by atoms with E-state index in [0.29, 0.717) is 62.8 Å². The maximum absolute atomic E-state index is 12.6. The minimum atomic E-state index is -0.0796. The number of hydrogen-bond donors (Lipinski definition) is 1. The van der Waals surface area contributed by atoms with Crippen LogP contribution in [0.1, 0.15) is 17.7 Å². The average molecular weight is 386 g/mol. The number of carbonyl (C=O) groups excluding carboxylic acids is 2. The summed E-state index contributed by atoms with van der Waals surface area (Å²) in [6.45, 7) is 2.32. The maximum atomic E-state index is 12.6. The van der Waals surface area contributed by atoms with Crippen molar-refractivity contribution in [3.05, 3.63) is 40.6 Å². The highest BCUT2D eigenvalue weighted by atomic mass is 32.1. The van der Waals surface area contributed by atoms with E-state index >= 15 is 0 Å². The predicted octanol–water partition coefficient (Wildman–Crippen LogP) is 2.94. The molecule has 6 nitrogen and oxygen atoms in total. The summed E-state index contributed by atoms with van der Waals surface area (Å²) in [5, 5.41) is 4.95. The fraction of sp³-hybridized carbons (Fsp3) is 0.400. The Kier molecular flexibility index (Phi) is 5.29. The minimum Gasteiger partial charge on any atom is -0.486 e. The van der Waals surface area contributed by atoms with Crippen molar-refractivity contribution in [1.82, 2.24) is 4.90 Å². The van der Waals surface area contributed by atoms with Gasteiger partial charge in [0.05, 0.1) is 6.42 Å². The Bertz CT molecular complexity index is 813. The summed E-state index contributed by atoms with van der Waals surface area (Å²) in [5.41, 5.74) is 0.709. The molecule has 142 valence electrons. The number of hydrogen-bond acceptors (Lipinski definition) is 5. The van der Waals surface area contributed by atoms with Crippen molar-refractivity contribution in [3.8, 4) is 11.5 Å². The molecule has 0 atom stereocenters. The van der Waals surface area contributed by atoms with E-state index < -0.39 is 0 Å². The van der Waals surface area contributed by atoms with Crippen molar-refractivity contribution in [2.75, 3.05) is 31.6 Å². The molecule has 4 rings (SSSR count). The fourth-order valence-electron chi connectivity index (χ4n) is 3.43. The summed E-state index contributed by atoms with van der Waals surface area (Å²) in [6.07, 6.45) is 1.82. The van der Waals surface area contributed by atoms with E-state index in [4.69, 9.17) is 9.47 Å². The number of nitrogens with one attached hydrogen (secondary N) is 1. The number of thiophene rings is 1. The zero-order valence-electron chi connectivity index (χ0n) is 15.0. The van der Waals surface area contributed by atoms with Gasteiger partial charge in [0.2, 0.25) is 11.8 Å². The van der Waals surface area contributed by atoms with E-state index in [2.05, 4.69) is 5.32 Å². The van der Waals surface area contributed by atoms with Crippen molar-refractivity contribution in [3.63, 3.8) is 0 Å². The van der Waals surface area contributed by atoms with Crippen LogP contribution in [0.4, 0.5) is 5.69 Å². The summed E-state index contributed by atoms with van der Waals surface area (Å²) in [7, 11) is 0. The van der Waals surface area contributed by atoms with E-state index in [9.17, 15) is 9.59 Å². The molecule has 1 N–H and O–H groups in total.